The summed E-state index contributed by atoms with van der Waals surface area (Å²) in [5.41, 5.74) is 2.52. The molecular weight excluding hydrogens is 473 g/mol. The lowest BCUT2D eigenvalue weighted by Crippen LogP contribution is -2.54. The van der Waals surface area contributed by atoms with Crippen molar-refractivity contribution in [3.8, 4) is 0 Å². The summed E-state index contributed by atoms with van der Waals surface area (Å²) >= 11 is 11.2. The summed E-state index contributed by atoms with van der Waals surface area (Å²) in [6, 6.07) is 21.0. The fourth-order valence-electron chi connectivity index (χ4n) is 3.97. The van der Waals surface area contributed by atoms with Gasteiger partial charge in [-0.2, -0.15) is 0 Å². The van der Waals surface area contributed by atoms with E-state index in [1.54, 1.807) is 6.07 Å². The van der Waals surface area contributed by atoms with Crippen LogP contribution >= 0.6 is 23.8 Å². The molecule has 5 rings (SSSR count). The van der Waals surface area contributed by atoms with Crippen molar-refractivity contribution in [2.45, 2.75) is 6.54 Å². The van der Waals surface area contributed by atoms with E-state index < -0.39 is 17.6 Å². The first-order valence-electron chi connectivity index (χ1n) is 10.4. The van der Waals surface area contributed by atoms with Crippen LogP contribution in [0.2, 0.25) is 5.02 Å². The van der Waals surface area contributed by atoms with Crippen LogP contribution in [-0.4, -0.2) is 21.5 Å². The number of hydrogen-bond acceptors (Lipinski definition) is 3. The fourth-order valence-corrected chi connectivity index (χ4v) is 4.37. The lowest BCUT2D eigenvalue weighted by Gasteiger charge is -2.29. The van der Waals surface area contributed by atoms with Crippen LogP contribution in [0.5, 0.6) is 0 Å². The van der Waals surface area contributed by atoms with E-state index in [1.165, 1.54) is 24.3 Å². The van der Waals surface area contributed by atoms with E-state index in [2.05, 4.69) is 5.32 Å². The van der Waals surface area contributed by atoms with Crippen molar-refractivity contribution < 1.29 is 14.0 Å². The minimum atomic E-state index is -0.687. The second-order valence-electron chi connectivity index (χ2n) is 7.77. The molecule has 1 N–H and O–H groups in total. The first-order chi connectivity index (χ1) is 16.4. The van der Waals surface area contributed by atoms with Gasteiger partial charge in [-0.1, -0.05) is 54.1 Å². The molecule has 1 saturated heterocycles. The second-order valence-corrected chi connectivity index (χ2v) is 8.59. The van der Waals surface area contributed by atoms with Gasteiger partial charge in [0, 0.05) is 34.2 Å². The molecule has 34 heavy (non-hydrogen) atoms. The van der Waals surface area contributed by atoms with Crippen molar-refractivity contribution in [1.29, 1.82) is 0 Å². The zero-order valence-electron chi connectivity index (χ0n) is 17.7. The van der Waals surface area contributed by atoms with Gasteiger partial charge in [0.15, 0.2) is 5.11 Å². The molecule has 1 aliphatic rings. The fraction of sp³-hybridized carbons (Fsp3) is 0.0385. The first kappa shape index (κ1) is 22.0. The number of amides is 2. The zero-order valence-corrected chi connectivity index (χ0v) is 19.2. The van der Waals surface area contributed by atoms with Crippen LogP contribution < -0.4 is 10.2 Å². The maximum Gasteiger partial charge on any atom is 0.270 e. The summed E-state index contributed by atoms with van der Waals surface area (Å²) in [6.07, 6.45) is 3.40. The Morgan fingerprint density at radius 3 is 2.44 bits per heavy atom. The Balaban J connectivity index is 1.57. The third-order valence-electron chi connectivity index (χ3n) is 5.58. The van der Waals surface area contributed by atoms with E-state index in [0.29, 0.717) is 17.1 Å². The van der Waals surface area contributed by atoms with Gasteiger partial charge in [-0.3, -0.25) is 14.9 Å². The van der Waals surface area contributed by atoms with Gasteiger partial charge in [0.1, 0.15) is 11.4 Å². The van der Waals surface area contributed by atoms with Gasteiger partial charge in [0.2, 0.25) is 0 Å². The molecule has 1 aliphatic heterocycles. The van der Waals surface area contributed by atoms with Crippen LogP contribution in [0, 0.1) is 5.82 Å². The van der Waals surface area contributed by atoms with Crippen molar-refractivity contribution in [2.75, 3.05) is 4.90 Å². The molecule has 0 atom stereocenters. The summed E-state index contributed by atoms with van der Waals surface area (Å²) in [5.74, 6) is -1.93. The Kier molecular flexibility index (Phi) is 5.73. The topological polar surface area (TPSA) is 54.3 Å². The largest absolute Gasteiger partial charge is 0.342 e. The van der Waals surface area contributed by atoms with Crippen LogP contribution in [0.4, 0.5) is 10.1 Å². The molecule has 2 heterocycles. The molecular formula is C26H17ClFN3O2S. The highest BCUT2D eigenvalue weighted by atomic mass is 35.5. The molecule has 0 spiro atoms. The molecule has 0 saturated carbocycles. The summed E-state index contributed by atoms with van der Waals surface area (Å²) in [6.45, 7) is 0.576. The van der Waals surface area contributed by atoms with E-state index in [9.17, 15) is 14.0 Å². The molecule has 3 aromatic carbocycles. The Morgan fingerprint density at radius 1 is 0.971 bits per heavy atom. The SMILES string of the molecule is O=C1NC(=S)N(c2ccccc2F)C(=O)/C1=C/c1cn(Cc2ccc(Cl)cc2)c2ccccc12. The molecule has 0 aliphatic carbocycles. The van der Waals surface area contributed by atoms with Gasteiger partial charge < -0.3 is 4.57 Å². The molecule has 0 bridgehead atoms. The maximum atomic E-state index is 14.4. The number of aromatic nitrogens is 1. The molecule has 0 unspecified atom stereocenters. The van der Waals surface area contributed by atoms with E-state index in [-0.39, 0.29) is 16.4 Å². The molecule has 1 aromatic heterocycles. The highest BCUT2D eigenvalue weighted by molar-refractivity contribution is 7.80. The van der Waals surface area contributed by atoms with Crippen LogP contribution in [-0.2, 0) is 16.1 Å². The Morgan fingerprint density at radius 2 is 1.68 bits per heavy atom. The third-order valence-corrected chi connectivity index (χ3v) is 6.12. The van der Waals surface area contributed by atoms with Gasteiger partial charge >= 0.3 is 0 Å². The number of benzene rings is 3. The molecule has 1 fully saturated rings. The number of para-hydroxylation sites is 2. The van der Waals surface area contributed by atoms with Gasteiger partial charge in [0.05, 0.1) is 5.69 Å². The Hall–Kier alpha value is -3.81. The number of carbonyl (C=O) groups excluding carboxylic acids is 2. The average Bonchev–Trinajstić information content (AvgIpc) is 3.16. The number of anilines is 1. The number of halogens is 2. The highest BCUT2D eigenvalue weighted by Gasteiger charge is 2.35. The molecule has 168 valence electrons. The van der Waals surface area contributed by atoms with E-state index in [0.717, 1.165) is 21.4 Å². The van der Waals surface area contributed by atoms with Gasteiger partial charge in [-0.25, -0.2) is 9.29 Å². The van der Waals surface area contributed by atoms with E-state index in [4.69, 9.17) is 23.8 Å². The average molecular weight is 490 g/mol. The number of nitrogens with zero attached hydrogens (tertiary/aromatic N) is 2. The van der Waals surface area contributed by atoms with E-state index >= 15 is 0 Å². The number of rotatable bonds is 4. The number of carbonyl (C=O) groups is 2. The minimum absolute atomic E-state index is 0.0198. The number of fused-ring (bicyclic) bond motifs is 1. The highest BCUT2D eigenvalue weighted by Crippen LogP contribution is 2.28. The summed E-state index contributed by atoms with van der Waals surface area (Å²) in [5, 5.41) is 3.86. The number of thiocarbonyl (C=S) groups is 1. The predicted octanol–water partition coefficient (Wildman–Crippen LogP) is 5.31. The lowest BCUT2D eigenvalue weighted by molar-refractivity contribution is -0.122. The van der Waals surface area contributed by atoms with Crippen LogP contribution in [0.3, 0.4) is 0 Å². The zero-order chi connectivity index (χ0) is 23.8. The molecule has 4 aromatic rings. The maximum absolute atomic E-state index is 14.4. The Labute approximate surface area is 205 Å². The smallest absolute Gasteiger partial charge is 0.270 e. The number of nitrogens with one attached hydrogen (secondary N) is 1. The quantitative estimate of drug-likeness (QED) is 0.240. The van der Waals surface area contributed by atoms with Crippen LogP contribution in [0.15, 0.2) is 84.6 Å². The molecule has 0 radical (unpaired) electrons. The second kappa shape index (κ2) is 8.85. The summed E-state index contributed by atoms with van der Waals surface area (Å²) in [7, 11) is 0. The summed E-state index contributed by atoms with van der Waals surface area (Å²) in [4.78, 5) is 27.0. The molecule has 8 heteroatoms. The van der Waals surface area contributed by atoms with Crippen LogP contribution in [0.1, 0.15) is 11.1 Å². The van der Waals surface area contributed by atoms with E-state index in [1.807, 2.05) is 59.3 Å². The Bertz CT molecular complexity index is 1490. The third kappa shape index (κ3) is 4.00. The van der Waals surface area contributed by atoms with Gasteiger partial charge in [-0.05, 0) is 54.2 Å². The van der Waals surface area contributed by atoms with Crippen molar-refractivity contribution in [3.63, 3.8) is 0 Å². The number of hydrogen-bond donors (Lipinski definition) is 1. The van der Waals surface area contributed by atoms with Crippen molar-refractivity contribution in [3.05, 3.63) is 107 Å². The van der Waals surface area contributed by atoms with Gasteiger partial charge in [-0.15, -0.1) is 0 Å². The van der Waals surface area contributed by atoms with Crippen molar-refractivity contribution in [1.82, 2.24) is 9.88 Å². The monoisotopic (exact) mass is 489 g/mol. The van der Waals surface area contributed by atoms with Crippen LogP contribution in [0.25, 0.3) is 17.0 Å². The first-order valence-corrected chi connectivity index (χ1v) is 11.2. The normalized spacial score (nSPS) is 15.3. The predicted molar refractivity (Wildman–Crippen MR) is 135 cm³/mol. The van der Waals surface area contributed by atoms with Crippen molar-refractivity contribution in [2.24, 2.45) is 0 Å². The minimum Gasteiger partial charge on any atom is -0.342 e. The molecule has 5 nitrogen and oxygen atoms in total. The summed E-state index contributed by atoms with van der Waals surface area (Å²) < 4.78 is 16.5. The van der Waals surface area contributed by atoms with Crippen molar-refractivity contribution >= 4 is 63.4 Å². The standard InChI is InChI=1S/C26H17ClFN3O2S/c27-18-11-9-16(10-12-18)14-30-15-17(19-5-1-3-7-22(19)30)13-20-24(32)29-26(34)31(25(20)33)23-8-4-2-6-21(23)28/h1-13,15H,14H2,(H,29,32,34)/b20-13+. The molecule has 2 amide bonds. The van der Waals surface area contributed by atoms with Gasteiger partial charge in [0.25, 0.3) is 11.8 Å². The lowest BCUT2D eigenvalue weighted by atomic mass is 10.1.